The Hall–Kier alpha value is -1.58. The van der Waals surface area contributed by atoms with Crippen LogP contribution in [0.4, 0.5) is 5.69 Å². The zero-order chi connectivity index (χ0) is 8.97. The summed E-state index contributed by atoms with van der Waals surface area (Å²) in [5.74, 6) is 0.379. The molecule has 1 N–H and O–H groups in total. The molecule has 64 valence electrons. The Labute approximate surface area is 70.6 Å². The maximum Gasteiger partial charge on any atom is 0.221 e. The van der Waals surface area contributed by atoms with E-state index in [4.69, 9.17) is 4.74 Å². The van der Waals surface area contributed by atoms with Gasteiger partial charge in [0.05, 0.1) is 7.11 Å². The Morgan fingerprint density at radius 3 is 3.00 bits per heavy atom. The minimum Gasteiger partial charge on any atom is -0.481 e. The Morgan fingerprint density at radius 2 is 2.42 bits per heavy atom. The molecule has 1 heterocycles. The molecular formula is C8H10N2O2. The first-order valence-corrected chi connectivity index (χ1v) is 3.50. The van der Waals surface area contributed by atoms with Crippen LogP contribution in [-0.2, 0) is 4.79 Å². The van der Waals surface area contributed by atoms with Gasteiger partial charge in [0.2, 0.25) is 11.8 Å². The summed E-state index contributed by atoms with van der Waals surface area (Å²) >= 11 is 0. The van der Waals surface area contributed by atoms with Crippen molar-refractivity contribution < 1.29 is 9.53 Å². The molecule has 0 aromatic carbocycles. The Bertz CT molecular complexity index is 286. The molecule has 0 radical (unpaired) electrons. The fraction of sp³-hybridized carbons (Fsp3) is 0.250. The van der Waals surface area contributed by atoms with Gasteiger partial charge >= 0.3 is 0 Å². The standard InChI is InChI=1S/C8H10N2O2/c1-6(11)10-7-3-4-9-8(5-7)12-2/h3-5H,1-2H3,(H,9,10,11). The van der Waals surface area contributed by atoms with Crippen molar-refractivity contribution in [1.29, 1.82) is 0 Å². The molecule has 0 spiro atoms. The van der Waals surface area contributed by atoms with Gasteiger partial charge in [-0.05, 0) is 6.07 Å². The minimum atomic E-state index is -0.108. The highest BCUT2D eigenvalue weighted by Crippen LogP contribution is 2.12. The largest absolute Gasteiger partial charge is 0.481 e. The van der Waals surface area contributed by atoms with E-state index >= 15 is 0 Å². The second-order valence-electron chi connectivity index (χ2n) is 2.27. The molecule has 0 saturated heterocycles. The molecule has 4 nitrogen and oxygen atoms in total. The number of methoxy groups -OCH3 is 1. The van der Waals surface area contributed by atoms with Crippen molar-refractivity contribution in [2.45, 2.75) is 6.92 Å². The van der Waals surface area contributed by atoms with E-state index < -0.39 is 0 Å². The summed E-state index contributed by atoms with van der Waals surface area (Å²) < 4.78 is 4.87. The van der Waals surface area contributed by atoms with Crippen LogP contribution in [0.5, 0.6) is 5.88 Å². The Morgan fingerprint density at radius 1 is 1.67 bits per heavy atom. The van der Waals surface area contributed by atoms with E-state index in [0.717, 1.165) is 0 Å². The first-order valence-electron chi connectivity index (χ1n) is 3.50. The van der Waals surface area contributed by atoms with Gasteiger partial charge in [0.1, 0.15) is 0 Å². The van der Waals surface area contributed by atoms with Crippen molar-refractivity contribution >= 4 is 11.6 Å². The molecule has 0 atom stereocenters. The smallest absolute Gasteiger partial charge is 0.221 e. The van der Waals surface area contributed by atoms with Gasteiger partial charge in [-0.25, -0.2) is 4.98 Å². The van der Waals surface area contributed by atoms with E-state index in [-0.39, 0.29) is 5.91 Å². The topological polar surface area (TPSA) is 51.2 Å². The van der Waals surface area contributed by atoms with Crippen LogP contribution >= 0.6 is 0 Å². The normalized spacial score (nSPS) is 9.17. The van der Waals surface area contributed by atoms with E-state index in [1.807, 2.05) is 0 Å². The summed E-state index contributed by atoms with van der Waals surface area (Å²) in [5.41, 5.74) is 0.689. The highest BCUT2D eigenvalue weighted by atomic mass is 16.5. The minimum absolute atomic E-state index is 0.108. The van der Waals surface area contributed by atoms with Gasteiger partial charge in [-0.1, -0.05) is 0 Å². The van der Waals surface area contributed by atoms with Crippen LogP contribution in [0.25, 0.3) is 0 Å². The lowest BCUT2D eigenvalue weighted by Crippen LogP contribution is -2.05. The van der Waals surface area contributed by atoms with Crippen LogP contribution in [0.2, 0.25) is 0 Å². The molecule has 12 heavy (non-hydrogen) atoms. The summed E-state index contributed by atoms with van der Waals surface area (Å²) in [7, 11) is 1.53. The van der Waals surface area contributed by atoms with E-state index in [0.29, 0.717) is 11.6 Å². The number of ether oxygens (including phenoxy) is 1. The fourth-order valence-electron chi connectivity index (χ4n) is 0.802. The van der Waals surface area contributed by atoms with Crippen molar-refractivity contribution in [3.05, 3.63) is 18.3 Å². The maximum absolute atomic E-state index is 10.6. The molecule has 0 bridgehead atoms. The van der Waals surface area contributed by atoms with Gasteiger partial charge in [0, 0.05) is 24.9 Å². The molecule has 0 unspecified atom stereocenters. The molecule has 0 aliphatic carbocycles. The molecule has 0 aliphatic rings. The van der Waals surface area contributed by atoms with E-state index in [1.165, 1.54) is 14.0 Å². The number of rotatable bonds is 2. The zero-order valence-electron chi connectivity index (χ0n) is 7.00. The van der Waals surface area contributed by atoms with Gasteiger partial charge in [0.15, 0.2) is 0 Å². The SMILES string of the molecule is COc1cc(NC(C)=O)ccn1. The van der Waals surface area contributed by atoms with E-state index in [1.54, 1.807) is 18.3 Å². The van der Waals surface area contributed by atoms with Crippen LogP contribution < -0.4 is 10.1 Å². The first kappa shape index (κ1) is 8.52. The van der Waals surface area contributed by atoms with Crippen LogP contribution in [-0.4, -0.2) is 18.0 Å². The molecule has 4 heteroatoms. The molecule has 1 rings (SSSR count). The van der Waals surface area contributed by atoms with Gasteiger partial charge in [-0.3, -0.25) is 4.79 Å². The van der Waals surface area contributed by atoms with Gasteiger partial charge in [-0.15, -0.1) is 0 Å². The lowest BCUT2D eigenvalue weighted by atomic mass is 10.4. The van der Waals surface area contributed by atoms with Gasteiger partial charge < -0.3 is 10.1 Å². The van der Waals surface area contributed by atoms with E-state index in [9.17, 15) is 4.79 Å². The number of nitrogens with one attached hydrogen (secondary N) is 1. The quantitative estimate of drug-likeness (QED) is 0.714. The number of amides is 1. The van der Waals surface area contributed by atoms with Gasteiger partial charge in [0.25, 0.3) is 0 Å². The monoisotopic (exact) mass is 166 g/mol. The molecule has 0 aliphatic heterocycles. The third-order valence-corrected chi connectivity index (χ3v) is 1.26. The van der Waals surface area contributed by atoms with Crippen molar-refractivity contribution in [2.24, 2.45) is 0 Å². The van der Waals surface area contributed by atoms with Crippen LogP contribution in [0.3, 0.4) is 0 Å². The van der Waals surface area contributed by atoms with Crippen molar-refractivity contribution in [3.63, 3.8) is 0 Å². The van der Waals surface area contributed by atoms with Crippen molar-refractivity contribution in [3.8, 4) is 5.88 Å². The van der Waals surface area contributed by atoms with Crippen LogP contribution in [0, 0.1) is 0 Å². The first-order chi connectivity index (χ1) is 5.72. The summed E-state index contributed by atoms with van der Waals surface area (Å²) in [6.45, 7) is 1.45. The summed E-state index contributed by atoms with van der Waals surface area (Å²) in [4.78, 5) is 14.5. The molecule has 0 fully saturated rings. The summed E-state index contributed by atoms with van der Waals surface area (Å²) in [6.07, 6.45) is 1.57. The zero-order valence-corrected chi connectivity index (χ0v) is 7.00. The summed E-state index contributed by atoms with van der Waals surface area (Å²) in [6, 6.07) is 3.35. The lowest BCUT2D eigenvalue weighted by molar-refractivity contribution is -0.114. The number of carbonyl (C=O) groups excluding carboxylic acids is 1. The number of aromatic nitrogens is 1. The van der Waals surface area contributed by atoms with Crippen LogP contribution in [0.15, 0.2) is 18.3 Å². The fourth-order valence-corrected chi connectivity index (χ4v) is 0.802. The predicted octanol–water partition coefficient (Wildman–Crippen LogP) is 1.05. The average Bonchev–Trinajstić information content (AvgIpc) is 2.03. The Kier molecular flexibility index (Phi) is 2.63. The number of carbonyl (C=O) groups is 1. The van der Waals surface area contributed by atoms with Gasteiger partial charge in [-0.2, -0.15) is 0 Å². The molecular weight excluding hydrogens is 156 g/mol. The second-order valence-corrected chi connectivity index (χ2v) is 2.27. The summed E-state index contributed by atoms with van der Waals surface area (Å²) in [5, 5.41) is 2.62. The number of hydrogen-bond acceptors (Lipinski definition) is 3. The third-order valence-electron chi connectivity index (χ3n) is 1.26. The Balaban J connectivity index is 2.79. The van der Waals surface area contributed by atoms with Crippen molar-refractivity contribution in [1.82, 2.24) is 4.98 Å². The molecule has 0 saturated carbocycles. The number of nitrogens with zero attached hydrogens (tertiary/aromatic N) is 1. The average molecular weight is 166 g/mol. The maximum atomic E-state index is 10.6. The van der Waals surface area contributed by atoms with Crippen molar-refractivity contribution in [2.75, 3.05) is 12.4 Å². The third kappa shape index (κ3) is 2.23. The van der Waals surface area contributed by atoms with Crippen LogP contribution in [0.1, 0.15) is 6.92 Å². The molecule has 1 amide bonds. The highest BCUT2D eigenvalue weighted by Gasteiger charge is 1.97. The van der Waals surface area contributed by atoms with E-state index in [2.05, 4.69) is 10.3 Å². The predicted molar refractivity (Wildman–Crippen MR) is 45.1 cm³/mol. The molecule has 1 aromatic heterocycles. The number of hydrogen-bond donors (Lipinski definition) is 1. The second kappa shape index (κ2) is 3.71. The number of pyridine rings is 1. The molecule has 1 aromatic rings. The lowest BCUT2D eigenvalue weighted by Gasteiger charge is -2.02. The number of anilines is 1. The highest BCUT2D eigenvalue weighted by molar-refractivity contribution is 5.88.